The second-order valence-electron chi connectivity index (χ2n) is 6.77. The van der Waals surface area contributed by atoms with Crippen molar-refractivity contribution in [3.05, 3.63) is 64.1 Å². The summed E-state index contributed by atoms with van der Waals surface area (Å²) in [5.74, 6) is 6.04. The van der Waals surface area contributed by atoms with Gasteiger partial charge in [-0.25, -0.2) is 19.3 Å². The van der Waals surface area contributed by atoms with Gasteiger partial charge in [-0.2, -0.15) is 0 Å². The van der Waals surface area contributed by atoms with Crippen LogP contribution in [0.5, 0.6) is 0 Å². The second kappa shape index (κ2) is 5.49. The van der Waals surface area contributed by atoms with Crippen molar-refractivity contribution in [2.24, 2.45) is 5.41 Å². The molecule has 124 valence electrons. The number of rotatable bonds is 0. The lowest BCUT2D eigenvalue weighted by molar-refractivity contribution is 0.160. The van der Waals surface area contributed by atoms with Crippen molar-refractivity contribution < 1.29 is 4.39 Å². The van der Waals surface area contributed by atoms with Gasteiger partial charge in [0.2, 0.25) is 0 Å². The molecule has 0 saturated heterocycles. The Hall–Kier alpha value is -3.07. The van der Waals surface area contributed by atoms with E-state index in [9.17, 15) is 9.18 Å². The minimum Gasteiger partial charge on any atom is -0.292 e. The first-order chi connectivity index (χ1) is 12.0. The fourth-order valence-electron chi connectivity index (χ4n) is 2.94. The topological polar surface area (TPSA) is 60.7 Å². The van der Waals surface area contributed by atoms with Crippen LogP contribution in [0.2, 0.25) is 0 Å². The molecule has 1 atom stereocenters. The summed E-state index contributed by atoms with van der Waals surface area (Å²) in [6.07, 6.45) is 1.91. The fourth-order valence-corrected chi connectivity index (χ4v) is 2.94. The molecule has 1 aliphatic heterocycles. The molecular formula is C19H15FN4O. The summed E-state index contributed by atoms with van der Waals surface area (Å²) in [7, 11) is 0. The molecule has 1 unspecified atom stereocenters. The highest BCUT2D eigenvalue weighted by Crippen LogP contribution is 2.42. The molecule has 1 aliphatic rings. The van der Waals surface area contributed by atoms with E-state index in [0.717, 1.165) is 0 Å². The molecular weight excluding hydrogens is 319 g/mol. The Balaban J connectivity index is 1.82. The summed E-state index contributed by atoms with van der Waals surface area (Å²) in [5.41, 5.74) is 0.870. The van der Waals surface area contributed by atoms with Crippen molar-refractivity contribution in [3.8, 4) is 11.8 Å². The Morgan fingerprint density at radius 2 is 2.12 bits per heavy atom. The first-order valence-electron chi connectivity index (χ1n) is 7.93. The SMILES string of the molecule is CC1(C)Cn2c(nc3cc(C#Cc4ccccn4)cnc3c2=O)C1F. The van der Waals surface area contributed by atoms with Crippen LogP contribution in [-0.2, 0) is 6.54 Å². The van der Waals surface area contributed by atoms with E-state index >= 15 is 0 Å². The predicted molar refractivity (Wildman–Crippen MR) is 91.6 cm³/mol. The zero-order chi connectivity index (χ0) is 17.6. The highest BCUT2D eigenvalue weighted by atomic mass is 19.1. The molecule has 0 aromatic carbocycles. The van der Waals surface area contributed by atoms with Crippen molar-refractivity contribution in [2.45, 2.75) is 26.6 Å². The lowest BCUT2D eigenvalue weighted by atomic mass is 9.90. The fraction of sp³-hybridized carbons (Fsp3) is 0.263. The molecule has 0 bridgehead atoms. The standard InChI is InChI=1S/C19H15FN4O/c1-19(2)11-24-17(16(19)20)23-14-9-12(10-22-15(14)18(24)25)6-7-13-5-3-4-8-21-13/h3-5,8-10,16H,11H2,1-2H3. The normalized spacial score (nSPS) is 17.8. The maximum Gasteiger partial charge on any atom is 0.280 e. The number of alkyl halides is 1. The predicted octanol–water partition coefficient (Wildman–Crippen LogP) is 2.64. The number of fused-ring (bicyclic) bond motifs is 2. The van der Waals surface area contributed by atoms with Crippen LogP contribution in [0, 0.1) is 17.3 Å². The summed E-state index contributed by atoms with van der Waals surface area (Å²) in [6.45, 7) is 3.87. The van der Waals surface area contributed by atoms with Crippen LogP contribution in [0.1, 0.15) is 37.1 Å². The largest absolute Gasteiger partial charge is 0.292 e. The van der Waals surface area contributed by atoms with Crippen LogP contribution >= 0.6 is 0 Å². The third-order valence-corrected chi connectivity index (χ3v) is 4.31. The number of nitrogens with zero attached hydrogens (tertiary/aromatic N) is 4. The zero-order valence-electron chi connectivity index (χ0n) is 13.8. The molecule has 3 aromatic rings. The molecule has 0 N–H and O–H groups in total. The van der Waals surface area contributed by atoms with Crippen LogP contribution in [0.3, 0.4) is 0 Å². The van der Waals surface area contributed by atoms with Crippen molar-refractivity contribution in [2.75, 3.05) is 0 Å². The summed E-state index contributed by atoms with van der Waals surface area (Å²) in [6, 6.07) is 7.13. The highest BCUT2D eigenvalue weighted by molar-refractivity contribution is 5.74. The average molecular weight is 334 g/mol. The van der Waals surface area contributed by atoms with Crippen LogP contribution in [0.4, 0.5) is 4.39 Å². The van der Waals surface area contributed by atoms with Crippen molar-refractivity contribution in [1.82, 2.24) is 19.5 Å². The number of aromatic nitrogens is 4. The Kier molecular flexibility index (Phi) is 3.39. The molecule has 6 heteroatoms. The third kappa shape index (κ3) is 2.58. The van der Waals surface area contributed by atoms with E-state index in [-0.39, 0.29) is 16.9 Å². The minimum atomic E-state index is -1.28. The van der Waals surface area contributed by atoms with E-state index in [2.05, 4.69) is 26.8 Å². The van der Waals surface area contributed by atoms with E-state index in [1.807, 2.05) is 12.1 Å². The maximum absolute atomic E-state index is 14.6. The molecule has 0 aliphatic carbocycles. The van der Waals surface area contributed by atoms with Crippen LogP contribution in [0.25, 0.3) is 11.0 Å². The first kappa shape index (κ1) is 15.5. The number of hydrogen-bond acceptors (Lipinski definition) is 4. The summed E-state index contributed by atoms with van der Waals surface area (Å²) >= 11 is 0. The number of hydrogen-bond donors (Lipinski definition) is 0. The lowest BCUT2D eigenvalue weighted by Gasteiger charge is -2.17. The summed E-state index contributed by atoms with van der Waals surface area (Å²) in [5, 5.41) is 0. The van der Waals surface area contributed by atoms with Crippen molar-refractivity contribution in [1.29, 1.82) is 0 Å². The number of pyridine rings is 2. The quantitative estimate of drug-likeness (QED) is 0.593. The molecule has 0 fully saturated rings. The summed E-state index contributed by atoms with van der Waals surface area (Å²) in [4.78, 5) is 25.3. The monoisotopic (exact) mass is 334 g/mol. The van der Waals surface area contributed by atoms with E-state index < -0.39 is 11.6 Å². The smallest absolute Gasteiger partial charge is 0.280 e. The van der Waals surface area contributed by atoms with E-state index in [1.54, 1.807) is 32.2 Å². The Labute approximate surface area is 143 Å². The molecule has 0 radical (unpaired) electrons. The number of halogens is 1. The summed E-state index contributed by atoms with van der Waals surface area (Å²) < 4.78 is 16.0. The van der Waals surface area contributed by atoms with Gasteiger partial charge in [-0.05, 0) is 24.1 Å². The van der Waals surface area contributed by atoms with Crippen molar-refractivity contribution in [3.63, 3.8) is 0 Å². The zero-order valence-corrected chi connectivity index (χ0v) is 13.8. The van der Waals surface area contributed by atoms with E-state index in [1.165, 1.54) is 10.8 Å². The van der Waals surface area contributed by atoms with Gasteiger partial charge in [-0.15, -0.1) is 0 Å². The first-order valence-corrected chi connectivity index (χ1v) is 7.93. The molecule has 4 heterocycles. The Morgan fingerprint density at radius 3 is 2.88 bits per heavy atom. The molecule has 0 spiro atoms. The van der Waals surface area contributed by atoms with Crippen LogP contribution < -0.4 is 5.56 Å². The lowest BCUT2D eigenvalue weighted by Crippen LogP contribution is -2.23. The van der Waals surface area contributed by atoms with E-state index in [4.69, 9.17) is 0 Å². The van der Waals surface area contributed by atoms with Gasteiger partial charge >= 0.3 is 0 Å². The van der Waals surface area contributed by atoms with Gasteiger partial charge in [0, 0.05) is 29.9 Å². The van der Waals surface area contributed by atoms with Crippen LogP contribution in [-0.4, -0.2) is 19.5 Å². The van der Waals surface area contributed by atoms with Gasteiger partial charge < -0.3 is 0 Å². The van der Waals surface area contributed by atoms with Gasteiger partial charge in [-0.3, -0.25) is 9.36 Å². The minimum absolute atomic E-state index is 0.166. The third-order valence-electron chi connectivity index (χ3n) is 4.31. The molecule has 25 heavy (non-hydrogen) atoms. The average Bonchev–Trinajstić information content (AvgIpc) is 2.84. The maximum atomic E-state index is 14.6. The second-order valence-corrected chi connectivity index (χ2v) is 6.77. The Morgan fingerprint density at radius 1 is 1.28 bits per heavy atom. The highest BCUT2D eigenvalue weighted by Gasteiger charge is 2.42. The van der Waals surface area contributed by atoms with Gasteiger partial charge in [0.15, 0.2) is 11.7 Å². The Bertz CT molecular complexity index is 1090. The van der Waals surface area contributed by atoms with Gasteiger partial charge in [0.25, 0.3) is 5.56 Å². The molecule has 0 saturated carbocycles. The van der Waals surface area contributed by atoms with Gasteiger partial charge in [0.1, 0.15) is 11.5 Å². The van der Waals surface area contributed by atoms with E-state index in [0.29, 0.717) is 23.3 Å². The molecule has 4 rings (SSSR count). The molecule has 0 amide bonds. The van der Waals surface area contributed by atoms with Gasteiger partial charge in [-0.1, -0.05) is 25.8 Å². The van der Waals surface area contributed by atoms with Gasteiger partial charge in [0.05, 0.1) is 5.52 Å². The molecule has 5 nitrogen and oxygen atoms in total. The van der Waals surface area contributed by atoms with Crippen LogP contribution in [0.15, 0.2) is 41.5 Å². The molecule has 3 aromatic heterocycles. The van der Waals surface area contributed by atoms with Crippen molar-refractivity contribution >= 4 is 11.0 Å².